The van der Waals surface area contributed by atoms with Crippen LogP contribution in [0.4, 0.5) is 0 Å². The molecule has 0 saturated carbocycles. The van der Waals surface area contributed by atoms with Gasteiger partial charge >= 0.3 is 0 Å². The molecule has 1 rings (SSSR count). The Morgan fingerprint density at radius 3 is 2.53 bits per heavy atom. The molecule has 1 aromatic carbocycles. The summed E-state index contributed by atoms with van der Waals surface area (Å²) >= 11 is 0. The molecule has 0 unspecified atom stereocenters. The summed E-state index contributed by atoms with van der Waals surface area (Å²) in [5.74, 6) is 0. The van der Waals surface area contributed by atoms with Gasteiger partial charge in [0.15, 0.2) is 0 Å². The Bertz CT molecular complexity index is 354. The minimum absolute atomic E-state index is 0.0912. The molecular formula is C12H19O2P. The Balaban J connectivity index is 2.47. The van der Waals surface area contributed by atoms with E-state index in [9.17, 15) is 4.57 Å². The molecule has 0 radical (unpaired) electrons. The molecule has 84 valence electrons. The smallest absolute Gasteiger partial charge is 0.0819 e. The van der Waals surface area contributed by atoms with E-state index in [1.54, 1.807) is 0 Å². The molecule has 15 heavy (non-hydrogen) atoms. The van der Waals surface area contributed by atoms with Crippen molar-refractivity contribution in [3.05, 3.63) is 35.4 Å². The van der Waals surface area contributed by atoms with Crippen LogP contribution in [0.3, 0.4) is 0 Å². The molecule has 0 aliphatic carbocycles. The predicted molar refractivity (Wildman–Crippen MR) is 65.0 cm³/mol. The second kappa shape index (κ2) is 5.48. The molecule has 0 fully saturated rings. The highest BCUT2D eigenvalue weighted by Gasteiger charge is 2.06. The Hall–Kier alpha value is -0.590. The Morgan fingerprint density at radius 2 is 1.93 bits per heavy atom. The third-order valence-electron chi connectivity index (χ3n) is 2.34. The quantitative estimate of drug-likeness (QED) is 0.784. The molecule has 0 saturated heterocycles. The first-order valence-corrected chi connectivity index (χ1v) is 8.02. The summed E-state index contributed by atoms with van der Waals surface area (Å²) < 4.78 is 11.5. The van der Waals surface area contributed by atoms with E-state index < -0.39 is 7.14 Å². The lowest BCUT2D eigenvalue weighted by atomic mass is 10.1. The predicted octanol–water partition coefficient (Wildman–Crippen LogP) is 2.73. The summed E-state index contributed by atoms with van der Waals surface area (Å²) in [6.45, 7) is 3.75. The summed E-state index contributed by atoms with van der Waals surface area (Å²) in [6, 6.07) is 7.93. The number of hydrogen-bond acceptors (Lipinski definition) is 2. The molecule has 1 aromatic rings. The van der Waals surface area contributed by atoms with Crippen LogP contribution in [-0.4, -0.2) is 24.6 Å². The number of aryl methyl sites for hydroxylation is 1. The fraction of sp³-hybridized carbons (Fsp3) is 0.500. The molecule has 0 bridgehead atoms. The highest BCUT2D eigenvalue weighted by molar-refractivity contribution is 7.62. The molecule has 0 aliphatic heterocycles. The standard InChI is InChI=1S/C12H19O2P/c1-15(2,14)8-4-7-11-5-3-6-12(9-11)10-13/h3,5-6,9,13H,4,7-8,10H2,1-2H3. The van der Waals surface area contributed by atoms with Crippen LogP contribution in [0.5, 0.6) is 0 Å². The number of aliphatic hydroxyl groups is 1. The van der Waals surface area contributed by atoms with Crippen molar-refractivity contribution in [3.63, 3.8) is 0 Å². The number of benzene rings is 1. The van der Waals surface area contributed by atoms with Gasteiger partial charge in [-0.15, -0.1) is 0 Å². The van der Waals surface area contributed by atoms with Gasteiger partial charge in [-0.2, -0.15) is 0 Å². The van der Waals surface area contributed by atoms with Crippen LogP contribution in [-0.2, 0) is 17.6 Å². The summed E-state index contributed by atoms with van der Waals surface area (Å²) in [6.07, 6.45) is 2.70. The van der Waals surface area contributed by atoms with E-state index in [0.717, 1.165) is 24.6 Å². The van der Waals surface area contributed by atoms with Gasteiger partial charge < -0.3 is 9.67 Å². The van der Waals surface area contributed by atoms with Gasteiger partial charge in [0.25, 0.3) is 0 Å². The maximum absolute atomic E-state index is 11.5. The van der Waals surface area contributed by atoms with Crippen LogP contribution in [0.2, 0.25) is 0 Å². The van der Waals surface area contributed by atoms with Gasteiger partial charge in [0.05, 0.1) is 13.7 Å². The number of rotatable bonds is 5. The Morgan fingerprint density at radius 1 is 1.27 bits per heavy atom. The van der Waals surface area contributed by atoms with Gasteiger partial charge in [-0.05, 0) is 37.3 Å². The van der Waals surface area contributed by atoms with E-state index in [0.29, 0.717) is 0 Å². The molecule has 0 aromatic heterocycles. The first-order chi connectivity index (χ1) is 7.01. The van der Waals surface area contributed by atoms with E-state index in [1.807, 2.05) is 31.5 Å². The lowest BCUT2D eigenvalue weighted by Crippen LogP contribution is -1.93. The average molecular weight is 226 g/mol. The second-order valence-corrected chi connectivity index (χ2v) is 7.97. The maximum atomic E-state index is 11.5. The minimum atomic E-state index is -1.87. The summed E-state index contributed by atoms with van der Waals surface area (Å²) in [5, 5.41) is 8.97. The molecule has 1 N–H and O–H groups in total. The topological polar surface area (TPSA) is 37.3 Å². The van der Waals surface area contributed by atoms with Gasteiger partial charge in [0.2, 0.25) is 0 Å². The molecule has 2 nitrogen and oxygen atoms in total. The zero-order chi connectivity index (χ0) is 11.3. The monoisotopic (exact) mass is 226 g/mol. The molecule has 0 atom stereocenters. The van der Waals surface area contributed by atoms with Crippen LogP contribution < -0.4 is 0 Å². The largest absolute Gasteiger partial charge is 0.392 e. The van der Waals surface area contributed by atoms with Crippen molar-refractivity contribution in [1.82, 2.24) is 0 Å². The zero-order valence-electron chi connectivity index (χ0n) is 9.44. The van der Waals surface area contributed by atoms with Crippen molar-refractivity contribution < 1.29 is 9.67 Å². The summed E-state index contributed by atoms with van der Waals surface area (Å²) in [4.78, 5) is 0. The normalized spacial score (nSPS) is 11.7. The first kappa shape index (κ1) is 12.5. The fourth-order valence-corrected chi connectivity index (χ4v) is 2.47. The summed E-state index contributed by atoms with van der Waals surface area (Å²) in [5.41, 5.74) is 2.17. The van der Waals surface area contributed by atoms with Crippen molar-refractivity contribution in [2.45, 2.75) is 19.4 Å². The average Bonchev–Trinajstić information content (AvgIpc) is 2.16. The maximum Gasteiger partial charge on any atom is 0.0819 e. The van der Waals surface area contributed by atoms with Crippen LogP contribution in [0, 0.1) is 0 Å². The van der Waals surface area contributed by atoms with Gasteiger partial charge in [-0.1, -0.05) is 24.3 Å². The van der Waals surface area contributed by atoms with Crippen molar-refractivity contribution in [2.24, 2.45) is 0 Å². The lowest BCUT2D eigenvalue weighted by molar-refractivity contribution is 0.281. The number of hydrogen-bond donors (Lipinski definition) is 1. The minimum Gasteiger partial charge on any atom is -0.392 e. The van der Waals surface area contributed by atoms with Gasteiger partial charge in [0, 0.05) is 6.16 Å². The molecule has 0 heterocycles. The van der Waals surface area contributed by atoms with Gasteiger partial charge in [0.1, 0.15) is 0 Å². The van der Waals surface area contributed by atoms with Crippen molar-refractivity contribution in [3.8, 4) is 0 Å². The number of aliphatic hydroxyl groups excluding tert-OH is 1. The molecule has 0 amide bonds. The van der Waals surface area contributed by atoms with E-state index in [2.05, 4.69) is 6.07 Å². The van der Waals surface area contributed by atoms with Crippen molar-refractivity contribution in [1.29, 1.82) is 0 Å². The summed E-state index contributed by atoms with van der Waals surface area (Å²) in [7, 11) is -1.87. The lowest BCUT2D eigenvalue weighted by Gasteiger charge is -2.06. The SMILES string of the molecule is CP(C)(=O)CCCc1cccc(CO)c1. The Labute approximate surface area is 91.7 Å². The third kappa shape index (κ3) is 5.15. The fourth-order valence-electron chi connectivity index (χ4n) is 1.55. The van der Waals surface area contributed by atoms with E-state index in [-0.39, 0.29) is 6.61 Å². The van der Waals surface area contributed by atoms with Crippen molar-refractivity contribution >= 4 is 7.14 Å². The van der Waals surface area contributed by atoms with Gasteiger partial charge in [-0.3, -0.25) is 0 Å². The second-order valence-electron chi connectivity index (χ2n) is 4.38. The van der Waals surface area contributed by atoms with Crippen LogP contribution in [0.25, 0.3) is 0 Å². The van der Waals surface area contributed by atoms with Crippen LogP contribution >= 0.6 is 7.14 Å². The van der Waals surface area contributed by atoms with Crippen LogP contribution in [0.15, 0.2) is 24.3 Å². The molecule has 0 spiro atoms. The van der Waals surface area contributed by atoms with E-state index >= 15 is 0 Å². The zero-order valence-corrected chi connectivity index (χ0v) is 10.3. The molecular weight excluding hydrogens is 207 g/mol. The molecule has 0 aliphatic rings. The van der Waals surface area contributed by atoms with Crippen molar-refractivity contribution in [2.75, 3.05) is 19.5 Å². The Kier molecular flexibility index (Phi) is 4.56. The first-order valence-electron chi connectivity index (χ1n) is 5.24. The third-order valence-corrected chi connectivity index (χ3v) is 3.73. The van der Waals surface area contributed by atoms with Gasteiger partial charge in [-0.25, -0.2) is 0 Å². The highest BCUT2D eigenvalue weighted by Crippen LogP contribution is 2.36. The van der Waals surface area contributed by atoms with Crippen LogP contribution in [0.1, 0.15) is 17.5 Å². The van der Waals surface area contributed by atoms with E-state index in [1.165, 1.54) is 5.56 Å². The van der Waals surface area contributed by atoms with E-state index in [4.69, 9.17) is 5.11 Å². The highest BCUT2D eigenvalue weighted by atomic mass is 31.2. The molecule has 3 heteroatoms.